The van der Waals surface area contributed by atoms with Gasteiger partial charge in [-0.15, -0.1) is 11.3 Å². The molecular weight excluding hydrogens is 358 g/mol. The van der Waals surface area contributed by atoms with E-state index in [4.69, 9.17) is 9.47 Å². The molecule has 0 N–H and O–H groups in total. The van der Waals surface area contributed by atoms with Gasteiger partial charge in [-0.1, -0.05) is 18.2 Å². The normalized spacial score (nSPS) is 25.0. The fourth-order valence-corrected chi connectivity index (χ4v) is 5.17. The highest BCUT2D eigenvalue weighted by atomic mass is 32.1. The number of likely N-dealkylation sites (N-methyl/N-ethyl adjacent to an activating group) is 1. The average molecular weight is 384 g/mol. The second-order valence-electron chi connectivity index (χ2n) is 7.53. The van der Waals surface area contributed by atoms with Gasteiger partial charge in [0.2, 0.25) is 0 Å². The summed E-state index contributed by atoms with van der Waals surface area (Å²) in [6.45, 7) is 3.15. The number of nitrogens with zero attached hydrogens (tertiary/aromatic N) is 1. The Balaban J connectivity index is 1.61. The van der Waals surface area contributed by atoms with Crippen LogP contribution in [0.2, 0.25) is 0 Å². The van der Waals surface area contributed by atoms with E-state index in [-0.39, 0.29) is 11.4 Å². The lowest BCUT2D eigenvalue weighted by Crippen LogP contribution is -2.43. The van der Waals surface area contributed by atoms with E-state index < -0.39 is 0 Å². The number of allylic oxidation sites excluding steroid dienone is 1. The molecule has 4 nitrogen and oxygen atoms in total. The van der Waals surface area contributed by atoms with Gasteiger partial charge in [0.05, 0.1) is 7.11 Å². The fourth-order valence-electron chi connectivity index (χ4n) is 4.57. The predicted molar refractivity (Wildman–Crippen MR) is 107 cm³/mol. The van der Waals surface area contributed by atoms with Crippen molar-refractivity contribution < 1.29 is 14.3 Å². The van der Waals surface area contributed by atoms with Crippen LogP contribution in [0.4, 0.5) is 0 Å². The van der Waals surface area contributed by atoms with E-state index in [0.29, 0.717) is 10.9 Å². The van der Waals surface area contributed by atoms with E-state index in [2.05, 4.69) is 43.1 Å². The first-order chi connectivity index (χ1) is 13.0. The summed E-state index contributed by atoms with van der Waals surface area (Å²) in [6.07, 6.45) is 4.89. The zero-order chi connectivity index (χ0) is 19.0. The van der Waals surface area contributed by atoms with Crippen LogP contribution in [-0.2, 0) is 10.2 Å². The van der Waals surface area contributed by atoms with E-state index in [1.54, 1.807) is 7.11 Å². The highest BCUT2D eigenvalue weighted by Gasteiger charge is 2.49. The van der Waals surface area contributed by atoms with E-state index in [9.17, 15) is 4.79 Å². The van der Waals surface area contributed by atoms with Gasteiger partial charge in [-0.2, -0.15) is 0 Å². The molecule has 1 aliphatic heterocycles. The highest BCUT2D eigenvalue weighted by Crippen LogP contribution is 2.48. The van der Waals surface area contributed by atoms with Gasteiger partial charge < -0.3 is 14.4 Å². The molecule has 2 unspecified atom stereocenters. The van der Waals surface area contributed by atoms with Crippen molar-refractivity contribution in [3.05, 3.63) is 63.6 Å². The number of likely N-dealkylation sites (tertiary alicyclic amines) is 1. The summed E-state index contributed by atoms with van der Waals surface area (Å²) in [5.41, 5.74) is 2.59. The summed E-state index contributed by atoms with van der Waals surface area (Å²) in [5.74, 6) is 1.48. The molecule has 2 aliphatic rings. The summed E-state index contributed by atoms with van der Waals surface area (Å²) in [5, 5.41) is 1.90. The molecule has 0 saturated carbocycles. The highest BCUT2D eigenvalue weighted by molar-refractivity contribution is 7.11. The maximum Gasteiger partial charge on any atom is 0.353 e. The first-order valence-corrected chi connectivity index (χ1v) is 10.2. The van der Waals surface area contributed by atoms with Crippen LogP contribution < -0.4 is 4.74 Å². The van der Waals surface area contributed by atoms with Crippen molar-refractivity contribution in [2.75, 3.05) is 20.7 Å². The number of ether oxygens (including phenoxy) is 2. The number of carbonyl (C=O) groups excluding carboxylic acids is 1. The number of aryl methyl sites for hydroxylation is 1. The number of hydrogen-bond acceptors (Lipinski definition) is 5. The van der Waals surface area contributed by atoms with E-state index in [0.717, 1.165) is 42.9 Å². The maximum absolute atomic E-state index is 12.3. The Hall–Kier alpha value is -2.11. The molecule has 1 aromatic carbocycles. The fraction of sp³-hybridized carbons (Fsp3) is 0.409. The minimum Gasteiger partial charge on any atom is -0.496 e. The third-order valence-electron chi connectivity index (χ3n) is 6.08. The lowest BCUT2D eigenvalue weighted by Gasteiger charge is -2.40. The summed E-state index contributed by atoms with van der Waals surface area (Å²) < 4.78 is 11.2. The van der Waals surface area contributed by atoms with Crippen molar-refractivity contribution in [3.8, 4) is 5.75 Å². The van der Waals surface area contributed by atoms with Crippen LogP contribution in [0.3, 0.4) is 0 Å². The van der Waals surface area contributed by atoms with Gasteiger partial charge in [-0.25, -0.2) is 4.79 Å². The van der Waals surface area contributed by atoms with Gasteiger partial charge in [0.1, 0.15) is 16.4 Å². The number of rotatable bonds is 4. The lowest BCUT2D eigenvalue weighted by atomic mass is 9.68. The van der Waals surface area contributed by atoms with Crippen molar-refractivity contribution in [2.24, 2.45) is 0 Å². The van der Waals surface area contributed by atoms with Gasteiger partial charge in [-0.3, -0.25) is 0 Å². The molecule has 0 radical (unpaired) electrons. The van der Waals surface area contributed by atoms with Gasteiger partial charge in [0, 0.05) is 17.9 Å². The number of esters is 1. The minimum atomic E-state index is -0.246. The molecule has 2 aromatic rings. The SMILES string of the molecule is COc1ccc(C23CC=C(OC(=O)c4cccs4)CC2N(C)CC3)cc1C. The van der Waals surface area contributed by atoms with Crippen LogP contribution >= 0.6 is 11.3 Å². The first-order valence-electron chi connectivity index (χ1n) is 9.33. The number of thiophene rings is 1. The molecule has 1 aromatic heterocycles. The van der Waals surface area contributed by atoms with Crippen molar-refractivity contribution in [3.63, 3.8) is 0 Å². The van der Waals surface area contributed by atoms with Crippen molar-refractivity contribution in [1.29, 1.82) is 0 Å². The molecule has 1 saturated heterocycles. The summed E-state index contributed by atoms with van der Waals surface area (Å²) in [6, 6.07) is 10.6. The number of fused-ring (bicyclic) bond motifs is 1. The van der Waals surface area contributed by atoms with Gasteiger partial charge in [0.25, 0.3) is 0 Å². The van der Waals surface area contributed by atoms with Crippen LogP contribution in [0.5, 0.6) is 5.75 Å². The number of benzene rings is 1. The van der Waals surface area contributed by atoms with Crippen molar-refractivity contribution in [2.45, 2.75) is 37.6 Å². The Bertz CT molecular complexity index is 874. The monoisotopic (exact) mass is 383 g/mol. The largest absolute Gasteiger partial charge is 0.496 e. The van der Waals surface area contributed by atoms with E-state index in [1.807, 2.05) is 17.5 Å². The number of methoxy groups -OCH3 is 1. The van der Waals surface area contributed by atoms with Crippen LogP contribution in [0.25, 0.3) is 0 Å². The standard InChI is InChI=1S/C22H25NO3S/c1-15-13-16(6-7-18(15)25-3)22-9-8-17(14-20(22)23(2)11-10-22)26-21(24)19-5-4-12-27-19/h4-8,12-13,20H,9-11,14H2,1-3H3. The molecule has 2 heterocycles. The van der Waals surface area contributed by atoms with Crippen molar-refractivity contribution in [1.82, 2.24) is 4.90 Å². The molecule has 5 heteroatoms. The zero-order valence-corrected chi connectivity index (χ0v) is 16.8. The van der Waals surface area contributed by atoms with Crippen LogP contribution in [0.15, 0.2) is 47.5 Å². The summed E-state index contributed by atoms with van der Waals surface area (Å²) in [4.78, 5) is 15.4. The Morgan fingerprint density at radius 2 is 2.19 bits per heavy atom. The first kappa shape index (κ1) is 18.3. The topological polar surface area (TPSA) is 38.8 Å². The lowest BCUT2D eigenvalue weighted by molar-refractivity contribution is 0.0585. The van der Waals surface area contributed by atoms with Gasteiger partial charge in [-0.05, 0) is 68.1 Å². The van der Waals surface area contributed by atoms with Crippen LogP contribution in [-0.4, -0.2) is 37.6 Å². The third kappa shape index (κ3) is 3.19. The third-order valence-corrected chi connectivity index (χ3v) is 6.93. The second-order valence-corrected chi connectivity index (χ2v) is 8.48. The molecule has 0 bridgehead atoms. The van der Waals surface area contributed by atoms with Crippen LogP contribution in [0, 0.1) is 6.92 Å². The molecule has 27 heavy (non-hydrogen) atoms. The maximum atomic E-state index is 12.3. The average Bonchev–Trinajstić information content (AvgIpc) is 3.31. The van der Waals surface area contributed by atoms with E-state index >= 15 is 0 Å². The summed E-state index contributed by atoms with van der Waals surface area (Å²) in [7, 11) is 3.89. The Morgan fingerprint density at radius 1 is 1.33 bits per heavy atom. The Labute approximate surface area is 164 Å². The Morgan fingerprint density at radius 3 is 2.89 bits per heavy atom. The number of carbonyl (C=O) groups is 1. The second kappa shape index (κ2) is 7.13. The molecule has 142 valence electrons. The minimum absolute atomic E-state index is 0.0740. The van der Waals surface area contributed by atoms with Crippen LogP contribution in [0.1, 0.15) is 40.1 Å². The van der Waals surface area contributed by atoms with E-state index in [1.165, 1.54) is 16.9 Å². The molecule has 1 fully saturated rings. The molecular formula is C22H25NO3S. The van der Waals surface area contributed by atoms with Crippen molar-refractivity contribution >= 4 is 17.3 Å². The molecule has 1 aliphatic carbocycles. The molecule has 4 rings (SSSR count). The summed E-state index contributed by atoms with van der Waals surface area (Å²) >= 11 is 1.42. The quantitative estimate of drug-likeness (QED) is 0.727. The predicted octanol–water partition coefficient (Wildman–Crippen LogP) is 4.54. The van der Waals surface area contributed by atoms with Gasteiger partial charge >= 0.3 is 5.97 Å². The molecule has 0 spiro atoms. The Kier molecular flexibility index (Phi) is 4.82. The van der Waals surface area contributed by atoms with Gasteiger partial charge in [0.15, 0.2) is 0 Å². The zero-order valence-electron chi connectivity index (χ0n) is 16.0. The number of hydrogen-bond donors (Lipinski definition) is 0. The molecule has 0 amide bonds. The smallest absolute Gasteiger partial charge is 0.353 e. The molecule has 2 atom stereocenters.